The lowest BCUT2D eigenvalue weighted by Crippen LogP contribution is -2.52. The molecule has 8 nitrogen and oxygen atoms in total. The molecule has 1 N–H and O–H groups in total. The summed E-state index contributed by atoms with van der Waals surface area (Å²) in [6, 6.07) is 5.41. The molecule has 0 bridgehead atoms. The summed E-state index contributed by atoms with van der Waals surface area (Å²) >= 11 is 0. The Labute approximate surface area is 163 Å². The number of fused-ring (bicyclic) bond motifs is 1. The summed E-state index contributed by atoms with van der Waals surface area (Å²) in [6.45, 7) is 3.36. The maximum absolute atomic E-state index is 12.8. The summed E-state index contributed by atoms with van der Waals surface area (Å²) in [5.74, 6) is 0.171. The van der Waals surface area contributed by atoms with Crippen LogP contribution in [-0.2, 0) is 16.1 Å². The highest BCUT2D eigenvalue weighted by Gasteiger charge is 2.41. The van der Waals surface area contributed by atoms with Crippen LogP contribution in [0.3, 0.4) is 0 Å². The molecular formula is C20H24N4O4. The number of rotatable bonds is 5. The monoisotopic (exact) mass is 384 g/mol. The molecule has 2 amide bonds. The maximum Gasteiger partial charge on any atom is 0.411 e. The molecule has 2 aromatic rings. The van der Waals surface area contributed by atoms with Crippen molar-refractivity contribution in [3.63, 3.8) is 0 Å². The van der Waals surface area contributed by atoms with Crippen LogP contribution in [0.25, 0.3) is 11.1 Å². The van der Waals surface area contributed by atoms with Gasteiger partial charge in [0.05, 0.1) is 36.8 Å². The molecule has 1 fully saturated rings. The van der Waals surface area contributed by atoms with E-state index in [1.807, 2.05) is 31.3 Å². The number of benzene rings is 1. The lowest BCUT2D eigenvalue weighted by atomic mass is 10.0. The van der Waals surface area contributed by atoms with Crippen molar-refractivity contribution in [3.05, 3.63) is 30.6 Å². The van der Waals surface area contributed by atoms with Crippen LogP contribution in [0.1, 0.15) is 19.8 Å². The van der Waals surface area contributed by atoms with Gasteiger partial charge in [-0.1, -0.05) is 6.07 Å². The normalized spacial score (nSPS) is 18.9. The molecule has 4 rings (SSSR count). The molecule has 1 saturated carbocycles. The molecular weight excluding hydrogens is 360 g/mol. The predicted molar refractivity (Wildman–Crippen MR) is 105 cm³/mol. The third-order valence-electron chi connectivity index (χ3n) is 5.30. The van der Waals surface area contributed by atoms with Gasteiger partial charge in [-0.15, -0.1) is 0 Å². The Kier molecular flexibility index (Phi) is 4.80. The Hall–Kier alpha value is -2.87. The lowest BCUT2D eigenvalue weighted by Gasteiger charge is -2.40. The van der Waals surface area contributed by atoms with E-state index in [2.05, 4.69) is 5.10 Å². The summed E-state index contributed by atoms with van der Waals surface area (Å²) in [5.41, 5.74) is 2.96. The van der Waals surface area contributed by atoms with Gasteiger partial charge in [0.1, 0.15) is 0 Å². The fourth-order valence-electron chi connectivity index (χ4n) is 3.67. The summed E-state index contributed by atoms with van der Waals surface area (Å²) in [6.07, 6.45) is 4.47. The zero-order chi connectivity index (χ0) is 19.8. The number of anilines is 2. The number of carbonyl (C=O) groups is 2. The first-order valence-corrected chi connectivity index (χ1v) is 9.49. The molecule has 1 aliphatic carbocycles. The standard InChI is InChI=1S/C20H24N4O4/c1-13-11-23(20(26)27)18-9-15(16-10-21-22(12-16)7-8-28-2)5-6-17(18)24(13)19(25)14-3-4-14/h5-6,9-10,12-14H,3-4,7-8,11H2,1-2H3,(H,26,27)/t13-/m0/s1. The van der Waals surface area contributed by atoms with E-state index in [-0.39, 0.29) is 24.4 Å². The molecule has 1 atom stereocenters. The van der Waals surface area contributed by atoms with Crippen LogP contribution < -0.4 is 9.80 Å². The van der Waals surface area contributed by atoms with Gasteiger partial charge in [0, 0.05) is 31.3 Å². The zero-order valence-corrected chi connectivity index (χ0v) is 16.0. The van der Waals surface area contributed by atoms with Gasteiger partial charge in [0.2, 0.25) is 5.91 Å². The summed E-state index contributed by atoms with van der Waals surface area (Å²) in [7, 11) is 1.64. The largest absolute Gasteiger partial charge is 0.465 e. The first-order chi connectivity index (χ1) is 13.5. The van der Waals surface area contributed by atoms with E-state index >= 15 is 0 Å². The van der Waals surface area contributed by atoms with Crippen molar-refractivity contribution in [1.82, 2.24) is 9.78 Å². The quantitative estimate of drug-likeness (QED) is 0.856. The predicted octanol–water partition coefficient (Wildman–Crippen LogP) is 2.83. The molecule has 1 aromatic heterocycles. The van der Waals surface area contributed by atoms with Gasteiger partial charge in [0.25, 0.3) is 0 Å². The Morgan fingerprint density at radius 1 is 1.25 bits per heavy atom. The molecule has 0 radical (unpaired) electrons. The van der Waals surface area contributed by atoms with E-state index in [4.69, 9.17) is 4.74 Å². The number of amides is 2. The minimum atomic E-state index is -1.01. The molecule has 148 valence electrons. The Morgan fingerprint density at radius 3 is 2.71 bits per heavy atom. The van der Waals surface area contributed by atoms with Crippen molar-refractivity contribution in [3.8, 4) is 11.1 Å². The van der Waals surface area contributed by atoms with Gasteiger partial charge in [0.15, 0.2) is 0 Å². The van der Waals surface area contributed by atoms with Gasteiger partial charge in [-0.3, -0.25) is 14.4 Å². The maximum atomic E-state index is 12.8. The third-order valence-corrected chi connectivity index (χ3v) is 5.30. The van der Waals surface area contributed by atoms with Crippen molar-refractivity contribution in [2.75, 3.05) is 30.1 Å². The van der Waals surface area contributed by atoms with Crippen molar-refractivity contribution in [2.24, 2.45) is 5.92 Å². The number of hydrogen-bond acceptors (Lipinski definition) is 4. The van der Waals surface area contributed by atoms with Crippen LogP contribution in [-0.4, -0.2) is 53.2 Å². The molecule has 1 aliphatic heterocycles. The van der Waals surface area contributed by atoms with E-state index in [1.165, 1.54) is 4.90 Å². The van der Waals surface area contributed by atoms with E-state index in [9.17, 15) is 14.7 Å². The summed E-state index contributed by atoms with van der Waals surface area (Å²) < 4.78 is 6.86. The highest BCUT2D eigenvalue weighted by atomic mass is 16.5. The van der Waals surface area contributed by atoms with Crippen molar-refractivity contribution in [2.45, 2.75) is 32.4 Å². The van der Waals surface area contributed by atoms with Crippen LogP contribution in [0.4, 0.5) is 16.2 Å². The summed E-state index contributed by atoms with van der Waals surface area (Å²) in [4.78, 5) is 27.8. The highest BCUT2D eigenvalue weighted by Crippen LogP contribution is 2.42. The van der Waals surface area contributed by atoms with Gasteiger partial charge < -0.3 is 14.7 Å². The Morgan fingerprint density at radius 2 is 2.04 bits per heavy atom. The number of methoxy groups -OCH3 is 1. The SMILES string of the molecule is COCCn1cc(-c2ccc3c(c2)N(C(=O)O)C[C@H](C)N3C(=O)C2CC2)cn1. The molecule has 0 saturated heterocycles. The number of aromatic nitrogens is 2. The van der Waals surface area contributed by atoms with Gasteiger partial charge in [-0.25, -0.2) is 4.79 Å². The van der Waals surface area contributed by atoms with Crippen LogP contribution in [0.2, 0.25) is 0 Å². The van der Waals surface area contributed by atoms with Gasteiger partial charge >= 0.3 is 6.09 Å². The number of nitrogens with zero attached hydrogens (tertiary/aromatic N) is 4. The number of carbonyl (C=O) groups excluding carboxylic acids is 1. The fourth-order valence-corrected chi connectivity index (χ4v) is 3.67. The van der Waals surface area contributed by atoms with Crippen molar-refractivity contribution >= 4 is 23.4 Å². The first-order valence-electron chi connectivity index (χ1n) is 9.49. The Bertz CT molecular complexity index is 905. The molecule has 2 aliphatic rings. The molecule has 2 heterocycles. The lowest BCUT2D eigenvalue weighted by molar-refractivity contribution is -0.120. The fraction of sp³-hybridized carbons (Fsp3) is 0.450. The van der Waals surface area contributed by atoms with E-state index < -0.39 is 6.09 Å². The second-order valence-corrected chi connectivity index (χ2v) is 7.41. The van der Waals surface area contributed by atoms with Crippen molar-refractivity contribution < 1.29 is 19.4 Å². The van der Waals surface area contributed by atoms with E-state index in [0.29, 0.717) is 24.5 Å². The van der Waals surface area contributed by atoms with Gasteiger partial charge in [-0.05, 0) is 37.5 Å². The molecule has 28 heavy (non-hydrogen) atoms. The van der Waals surface area contributed by atoms with E-state index in [0.717, 1.165) is 24.0 Å². The number of hydrogen-bond donors (Lipinski definition) is 1. The van der Waals surface area contributed by atoms with Crippen LogP contribution in [0, 0.1) is 5.92 Å². The number of ether oxygens (including phenoxy) is 1. The average Bonchev–Trinajstić information content (AvgIpc) is 3.43. The molecule has 0 spiro atoms. The average molecular weight is 384 g/mol. The van der Waals surface area contributed by atoms with Gasteiger partial charge in [-0.2, -0.15) is 5.10 Å². The van der Waals surface area contributed by atoms with Crippen LogP contribution in [0.5, 0.6) is 0 Å². The summed E-state index contributed by atoms with van der Waals surface area (Å²) in [5, 5.41) is 14.0. The van der Waals surface area contributed by atoms with Crippen LogP contribution >= 0.6 is 0 Å². The molecule has 8 heteroatoms. The first kappa shape index (κ1) is 18.5. The third kappa shape index (κ3) is 3.35. The van der Waals surface area contributed by atoms with Crippen LogP contribution in [0.15, 0.2) is 30.6 Å². The Balaban J connectivity index is 1.71. The highest BCUT2D eigenvalue weighted by molar-refractivity contribution is 6.04. The smallest absolute Gasteiger partial charge is 0.411 e. The number of carboxylic acid groups (broad SMARTS) is 1. The topological polar surface area (TPSA) is 87.9 Å². The van der Waals surface area contributed by atoms with Crippen molar-refractivity contribution in [1.29, 1.82) is 0 Å². The van der Waals surface area contributed by atoms with E-state index in [1.54, 1.807) is 22.9 Å². The zero-order valence-electron chi connectivity index (χ0n) is 16.0. The molecule has 0 unspecified atom stereocenters. The minimum absolute atomic E-state index is 0.0744. The second-order valence-electron chi connectivity index (χ2n) is 7.41. The molecule has 1 aromatic carbocycles. The minimum Gasteiger partial charge on any atom is -0.465 e. The second kappa shape index (κ2) is 7.27.